The number of halogens is 2. The number of aromatic amines is 1. The molecule has 6 heteroatoms. The molecule has 108 valence electrons. The van der Waals surface area contributed by atoms with Gasteiger partial charge in [0.05, 0.1) is 5.57 Å². The fraction of sp³-hybridized carbons (Fsp3) is 0.0625. The zero-order valence-electron chi connectivity index (χ0n) is 11.3. The summed E-state index contributed by atoms with van der Waals surface area (Å²) >= 11 is 11.6. The van der Waals surface area contributed by atoms with Crippen molar-refractivity contribution in [3.05, 3.63) is 51.2 Å². The molecular formula is C16H8Cl2N2O2. The molecule has 0 aliphatic heterocycles. The molecule has 0 unspecified atom stereocenters. The molecular weight excluding hydrogens is 323 g/mol. The second-order valence-electron chi connectivity index (χ2n) is 4.90. The first-order valence-corrected chi connectivity index (χ1v) is 7.08. The number of benzene rings is 1. The average Bonchev–Trinajstić information content (AvgIpc) is 2.91. The van der Waals surface area contributed by atoms with E-state index in [1.165, 1.54) is 0 Å². The van der Waals surface area contributed by atoms with E-state index in [2.05, 4.69) is 4.98 Å². The minimum atomic E-state index is -0.731. The summed E-state index contributed by atoms with van der Waals surface area (Å²) in [6.07, 6.45) is 1.59. The maximum absolute atomic E-state index is 12.4. The Bertz CT molecular complexity index is 958. The number of rotatable bonds is 1. The van der Waals surface area contributed by atoms with Crippen molar-refractivity contribution in [1.82, 2.24) is 4.98 Å². The highest BCUT2D eigenvalue weighted by atomic mass is 35.5. The summed E-state index contributed by atoms with van der Waals surface area (Å²) in [5, 5.41) is 9.23. The van der Waals surface area contributed by atoms with Crippen molar-refractivity contribution in [2.24, 2.45) is 0 Å². The van der Waals surface area contributed by atoms with E-state index >= 15 is 0 Å². The Morgan fingerprint density at radius 2 is 1.82 bits per heavy atom. The van der Waals surface area contributed by atoms with Crippen LogP contribution < -0.4 is 0 Å². The summed E-state index contributed by atoms with van der Waals surface area (Å²) in [5.74, 6) is -1.35. The Morgan fingerprint density at radius 1 is 1.14 bits per heavy atom. The molecule has 0 bridgehead atoms. The largest absolute Gasteiger partial charge is 0.361 e. The van der Waals surface area contributed by atoms with Crippen LogP contribution in [0.2, 0.25) is 0 Å². The monoisotopic (exact) mass is 330 g/mol. The summed E-state index contributed by atoms with van der Waals surface area (Å²) in [5.41, 5.74) is 1.94. The number of ketones is 2. The van der Waals surface area contributed by atoms with Crippen LogP contribution in [0.1, 0.15) is 11.1 Å². The second-order valence-corrected chi connectivity index (χ2v) is 5.66. The highest BCUT2D eigenvalue weighted by molar-refractivity contribution is 6.63. The first kappa shape index (κ1) is 14.6. The van der Waals surface area contributed by atoms with Gasteiger partial charge in [0, 0.05) is 22.7 Å². The van der Waals surface area contributed by atoms with Gasteiger partial charge in [-0.25, -0.2) is 0 Å². The standard InChI is InChI=1S/C16H8Cl2N2O2/c1-7-2-3-11-8(4-7)10(6-20-11)12-9(5-19)15(21)13(17)14(18)16(12)22/h2-4,6,20H,1H3. The third-order valence-corrected chi connectivity index (χ3v) is 4.33. The predicted molar refractivity (Wildman–Crippen MR) is 84.3 cm³/mol. The van der Waals surface area contributed by atoms with E-state index < -0.39 is 16.6 Å². The third-order valence-electron chi connectivity index (χ3n) is 3.51. The van der Waals surface area contributed by atoms with Crippen LogP contribution in [-0.4, -0.2) is 16.6 Å². The molecule has 3 rings (SSSR count). The molecule has 1 aromatic heterocycles. The Morgan fingerprint density at radius 3 is 2.50 bits per heavy atom. The Hall–Kier alpha value is -2.35. The molecule has 2 aromatic rings. The lowest BCUT2D eigenvalue weighted by Crippen LogP contribution is -2.18. The van der Waals surface area contributed by atoms with Gasteiger partial charge in [0.15, 0.2) is 0 Å². The first-order valence-electron chi connectivity index (χ1n) is 6.33. The molecule has 0 saturated heterocycles. The predicted octanol–water partition coefficient (Wildman–Crippen LogP) is 3.59. The SMILES string of the molecule is Cc1ccc2[nH]cc(C3=C(C#N)C(=O)C(Cl)=C(Cl)C3=O)c2c1. The van der Waals surface area contributed by atoms with Crippen LogP contribution in [0.4, 0.5) is 0 Å². The molecule has 1 heterocycles. The molecule has 1 aromatic carbocycles. The van der Waals surface area contributed by atoms with Gasteiger partial charge in [0.2, 0.25) is 11.6 Å². The summed E-state index contributed by atoms with van der Waals surface area (Å²) in [4.78, 5) is 27.6. The van der Waals surface area contributed by atoms with Crippen molar-refractivity contribution in [1.29, 1.82) is 5.26 Å². The summed E-state index contributed by atoms with van der Waals surface area (Å²) in [6, 6.07) is 7.42. The molecule has 0 fully saturated rings. The zero-order valence-corrected chi connectivity index (χ0v) is 12.8. The number of aryl methyl sites for hydroxylation is 1. The fourth-order valence-electron chi connectivity index (χ4n) is 2.45. The number of H-pyrrole nitrogens is 1. The van der Waals surface area contributed by atoms with Crippen LogP contribution in [0, 0.1) is 18.3 Å². The summed E-state index contributed by atoms with van der Waals surface area (Å²) < 4.78 is 0. The lowest BCUT2D eigenvalue weighted by Gasteiger charge is -2.14. The average molecular weight is 331 g/mol. The maximum Gasteiger partial charge on any atom is 0.217 e. The summed E-state index contributed by atoms with van der Waals surface area (Å²) in [7, 11) is 0. The zero-order chi connectivity index (χ0) is 16.0. The number of Topliss-reactive ketones (excluding diaryl/α,β-unsaturated/α-hetero) is 2. The van der Waals surface area contributed by atoms with Crippen molar-refractivity contribution in [3.63, 3.8) is 0 Å². The molecule has 0 radical (unpaired) electrons. The normalized spacial score (nSPS) is 15.7. The van der Waals surface area contributed by atoms with Crippen LogP contribution in [-0.2, 0) is 9.59 Å². The molecule has 22 heavy (non-hydrogen) atoms. The molecule has 0 amide bonds. The molecule has 4 nitrogen and oxygen atoms in total. The highest BCUT2D eigenvalue weighted by Crippen LogP contribution is 2.37. The van der Waals surface area contributed by atoms with E-state index in [0.717, 1.165) is 16.5 Å². The van der Waals surface area contributed by atoms with Gasteiger partial charge in [-0.05, 0) is 19.1 Å². The molecule has 1 N–H and O–H groups in total. The van der Waals surface area contributed by atoms with Crippen molar-refractivity contribution in [3.8, 4) is 6.07 Å². The number of carbonyl (C=O) groups excluding carboxylic acids is 2. The van der Waals surface area contributed by atoms with Crippen molar-refractivity contribution in [2.45, 2.75) is 6.92 Å². The molecule has 1 aliphatic rings. The Labute approximate surface area is 135 Å². The van der Waals surface area contributed by atoms with E-state index in [-0.39, 0.29) is 16.2 Å². The van der Waals surface area contributed by atoms with Gasteiger partial charge in [-0.15, -0.1) is 0 Å². The van der Waals surface area contributed by atoms with Crippen LogP contribution in [0.3, 0.4) is 0 Å². The topological polar surface area (TPSA) is 73.7 Å². The Kier molecular flexibility index (Phi) is 3.40. The number of hydrogen-bond acceptors (Lipinski definition) is 3. The van der Waals surface area contributed by atoms with Gasteiger partial charge in [-0.3, -0.25) is 9.59 Å². The van der Waals surface area contributed by atoms with Gasteiger partial charge >= 0.3 is 0 Å². The lowest BCUT2D eigenvalue weighted by atomic mass is 9.89. The van der Waals surface area contributed by atoms with E-state index in [0.29, 0.717) is 5.56 Å². The quantitative estimate of drug-likeness (QED) is 0.812. The smallest absolute Gasteiger partial charge is 0.217 e. The van der Waals surface area contributed by atoms with Crippen LogP contribution >= 0.6 is 23.2 Å². The number of nitriles is 1. The first-order chi connectivity index (χ1) is 10.5. The van der Waals surface area contributed by atoms with Crippen LogP contribution in [0.25, 0.3) is 16.5 Å². The van der Waals surface area contributed by atoms with E-state index in [1.807, 2.05) is 25.1 Å². The molecule has 1 aliphatic carbocycles. The van der Waals surface area contributed by atoms with Crippen molar-refractivity contribution in [2.75, 3.05) is 0 Å². The Balaban J connectivity index is 2.35. The van der Waals surface area contributed by atoms with Crippen molar-refractivity contribution >= 4 is 51.2 Å². The fourth-order valence-corrected chi connectivity index (χ4v) is 2.81. The maximum atomic E-state index is 12.4. The minimum absolute atomic E-state index is 0.0150. The van der Waals surface area contributed by atoms with Crippen LogP contribution in [0.5, 0.6) is 0 Å². The van der Waals surface area contributed by atoms with Gasteiger partial charge < -0.3 is 4.98 Å². The van der Waals surface area contributed by atoms with E-state index in [9.17, 15) is 14.9 Å². The number of hydrogen-bond donors (Lipinski definition) is 1. The number of aromatic nitrogens is 1. The number of carbonyl (C=O) groups is 2. The van der Waals surface area contributed by atoms with Crippen LogP contribution in [0.15, 0.2) is 40.0 Å². The van der Waals surface area contributed by atoms with E-state index in [4.69, 9.17) is 23.2 Å². The highest BCUT2D eigenvalue weighted by Gasteiger charge is 2.35. The van der Waals surface area contributed by atoms with Gasteiger partial charge in [0.25, 0.3) is 0 Å². The van der Waals surface area contributed by atoms with Gasteiger partial charge in [-0.2, -0.15) is 5.26 Å². The summed E-state index contributed by atoms with van der Waals surface area (Å²) in [6.45, 7) is 1.91. The second kappa shape index (κ2) is 5.13. The van der Waals surface area contributed by atoms with Crippen molar-refractivity contribution < 1.29 is 9.59 Å². The van der Waals surface area contributed by atoms with Gasteiger partial charge in [-0.1, -0.05) is 34.8 Å². The number of fused-ring (bicyclic) bond motifs is 1. The molecule has 0 spiro atoms. The molecule has 0 saturated carbocycles. The number of nitrogens with zero attached hydrogens (tertiary/aromatic N) is 1. The number of nitrogens with one attached hydrogen (secondary N) is 1. The lowest BCUT2D eigenvalue weighted by molar-refractivity contribution is -0.114. The van der Waals surface area contributed by atoms with E-state index in [1.54, 1.807) is 12.3 Å². The third kappa shape index (κ3) is 1.98. The molecule has 0 atom stereocenters. The minimum Gasteiger partial charge on any atom is -0.361 e. The number of allylic oxidation sites excluding steroid dienone is 4. The van der Waals surface area contributed by atoms with Gasteiger partial charge in [0.1, 0.15) is 21.7 Å².